The van der Waals surface area contributed by atoms with E-state index in [0.717, 1.165) is 15.7 Å². The summed E-state index contributed by atoms with van der Waals surface area (Å²) in [5, 5.41) is 6.47. The summed E-state index contributed by atoms with van der Waals surface area (Å²) >= 11 is 14.7. The Morgan fingerprint density at radius 3 is 2.68 bits per heavy atom. The Morgan fingerprint density at radius 1 is 1.28 bits per heavy atom. The molecule has 0 saturated heterocycles. The van der Waals surface area contributed by atoms with Crippen molar-refractivity contribution in [3.8, 4) is 5.75 Å². The third-order valence-corrected chi connectivity index (χ3v) is 4.40. The van der Waals surface area contributed by atoms with Crippen LogP contribution in [0.2, 0.25) is 5.02 Å². The number of ether oxygens (including phenoxy) is 1. The summed E-state index contributed by atoms with van der Waals surface area (Å²) in [5.41, 5.74) is 1.99. The Bertz CT molecular complexity index is 812. The lowest BCUT2D eigenvalue weighted by molar-refractivity contribution is 0.0972. The number of rotatable bonds is 4. The maximum absolute atomic E-state index is 12.6. The fourth-order valence-corrected chi connectivity index (χ4v) is 2.84. The molecular formula is C18H18BrClN2O2S. The molecule has 7 heteroatoms. The van der Waals surface area contributed by atoms with Crippen LogP contribution in [0.5, 0.6) is 5.75 Å². The number of carbonyl (C=O) groups is 1. The first-order valence-corrected chi connectivity index (χ1v) is 9.19. The summed E-state index contributed by atoms with van der Waals surface area (Å²) in [4.78, 5) is 12.6. The van der Waals surface area contributed by atoms with Gasteiger partial charge in [-0.2, -0.15) is 0 Å². The molecule has 0 atom stereocenters. The van der Waals surface area contributed by atoms with Crippen molar-refractivity contribution in [1.82, 2.24) is 5.32 Å². The number of anilines is 1. The SMILES string of the molecule is Cc1c(Cl)cccc1NC(=S)NC(=O)c1cc(Br)ccc1OC(C)C. The van der Waals surface area contributed by atoms with Gasteiger partial charge >= 0.3 is 0 Å². The predicted octanol–water partition coefficient (Wildman–Crippen LogP) is 5.32. The Labute approximate surface area is 166 Å². The molecule has 132 valence electrons. The van der Waals surface area contributed by atoms with Crippen LogP contribution >= 0.6 is 39.7 Å². The van der Waals surface area contributed by atoms with E-state index in [1.165, 1.54) is 0 Å². The fraction of sp³-hybridized carbons (Fsp3) is 0.222. The Kier molecular flexibility index (Phi) is 6.81. The fourth-order valence-electron chi connectivity index (χ4n) is 2.10. The Hall–Kier alpha value is -1.63. The number of amides is 1. The third kappa shape index (κ3) is 5.42. The van der Waals surface area contributed by atoms with Crippen molar-refractivity contribution in [3.63, 3.8) is 0 Å². The number of nitrogens with one attached hydrogen (secondary N) is 2. The first kappa shape index (κ1) is 19.7. The Balaban J connectivity index is 2.15. The molecule has 2 rings (SSSR count). The quantitative estimate of drug-likeness (QED) is 0.630. The molecule has 0 spiro atoms. The largest absolute Gasteiger partial charge is 0.490 e. The minimum absolute atomic E-state index is 0.0492. The van der Waals surface area contributed by atoms with Gasteiger partial charge in [0.25, 0.3) is 5.91 Å². The number of hydrogen-bond acceptors (Lipinski definition) is 3. The molecule has 0 fully saturated rings. The number of halogens is 2. The molecule has 1 amide bonds. The third-order valence-electron chi connectivity index (χ3n) is 3.29. The topological polar surface area (TPSA) is 50.4 Å². The van der Waals surface area contributed by atoms with Crippen molar-refractivity contribution < 1.29 is 9.53 Å². The normalized spacial score (nSPS) is 10.5. The molecule has 0 unspecified atom stereocenters. The van der Waals surface area contributed by atoms with Gasteiger partial charge in [-0.1, -0.05) is 33.6 Å². The van der Waals surface area contributed by atoms with Gasteiger partial charge in [0.1, 0.15) is 5.75 Å². The lowest BCUT2D eigenvalue weighted by atomic mass is 10.2. The molecule has 0 bridgehead atoms. The summed E-state index contributed by atoms with van der Waals surface area (Å²) in [6.45, 7) is 5.67. The van der Waals surface area contributed by atoms with E-state index in [2.05, 4.69) is 26.6 Å². The maximum atomic E-state index is 12.6. The molecule has 2 N–H and O–H groups in total. The molecule has 2 aromatic carbocycles. The Morgan fingerprint density at radius 2 is 2.00 bits per heavy atom. The summed E-state index contributed by atoms with van der Waals surface area (Å²) in [6, 6.07) is 10.7. The first-order chi connectivity index (χ1) is 11.8. The molecule has 2 aromatic rings. The standard InChI is InChI=1S/C18H18BrClN2O2S/c1-10(2)24-16-8-7-12(19)9-13(16)17(23)22-18(25)21-15-6-4-5-14(20)11(15)3/h4-10H,1-3H3,(H2,21,22,23,25). The summed E-state index contributed by atoms with van der Waals surface area (Å²) in [7, 11) is 0. The zero-order chi connectivity index (χ0) is 18.6. The molecular weight excluding hydrogens is 424 g/mol. The lowest BCUT2D eigenvalue weighted by Crippen LogP contribution is -2.34. The molecule has 0 saturated carbocycles. The second-order valence-corrected chi connectivity index (χ2v) is 7.36. The van der Waals surface area contributed by atoms with E-state index >= 15 is 0 Å². The first-order valence-electron chi connectivity index (χ1n) is 7.61. The van der Waals surface area contributed by atoms with E-state index in [0.29, 0.717) is 16.3 Å². The molecule has 0 aliphatic rings. The van der Waals surface area contributed by atoms with Crippen LogP contribution in [-0.4, -0.2) is 17.1 Å². The van der Waals surface area contributed by atoms with E-state index in [-0.39, 0.29) is 17.1 Å². The number of carbonyl (C=O) groups excluding carboxylic acids is 1. The molecule has 0 aromatic heterocycles. The van der Waals surface area contributed by atoms with Gasteiger partial charge in [-0.15, -0.1) is 0 Å². The van der Waals surface area contributed by atoms with Crippen LogP contribution in [0.1, 0.15) is 29.8 Å². The van der Waals surface area contributed by atoms with Crippen LogP contribution in [0.3, 0.4) is 0 Å². The second kappa shape index (κ2) is 8.65. The van der Waals surface area contributed by atoms with Crippen LogP contribution in [0.25, 0.3) is 0 Å². The van der Waals surface area contributed by atoms with Crippen molar-refractivity contribution in [2.45, 2.75) is 26.9 Å². The molecule has 0 aliphatic carbocycles. The van der Waals surface area contributed by atoms with Gasteiger partial charge in [-0.25, -0.2) is 0 Å². The van der Waals surface area contributed by atoms with E-state index in [1.807, 2.05) is 39.0 Å². The summed E-state index contributed by atoms with van der Waals surface area (Å²) < 4.78 is 6.47. The second-order valence-electron chi connectivity index (χ2n) is 5.63. The molecule has 25 heavy (non-hydrogen) atoms. The average Bonchev–Trinajstić information content (AvgIpc) is 2.53. The van der Waals surface area contributed by atoms with Crippen molar-refractivity contribution in [3.05, 3.63) is 57.0 Å². The van der Waals surface area contributed by atoms with Crippen LogP contribution in [0.15, 0.2) is 40.9 Å². The highest BCUT2D eigenvalue weighted by Gasteiger charge is 2.16. The minimum Gasteiger partial charge on any atom is -0.490 e. The maximum Gasteiger partial charge on any atom is 0.261 e. The highest BCUT2D eigenvalue weighted by molar-refractivity contribution is 9.10. The van der Waals surface area contributed by atoms with Crippen LogP contribution in [0, 0.1) is 6.92 Å². The van der Waals surface area contributed by atoms with Crippen LogP contribution < -0.4 is 15.4 Å². The van der Waals surface area contributed by atoms with E-state index in [1.54, 1.807) is 18.2 Å². The zero-order valence-corrected chi connectivity index (χ0v) is 17.2. The van der Waals surface area contributed by atoms with Gasteiger partial charge in [0.2, 0.25) is 0 Å². The lowest BCUT2D eigenvalue weighted by Gasteiger charge is -2.16. The highest BCUT2D eigenvalue weighted by Crippen LogP contribution is 2.25. The predicted molar refractivity (Wildman–Crippen MR) is 110 cm³/mol. The van der Waals surface area contributed by atoms with Gasteiger partial charge in [0.05, 0.1) is 11.7 Å². The number of hydrogen-bond donors (Lipinski definition) is 2. The molecule has 0 radical (unpaired) electrons. The number of thiocarbonyl (C=S) groups is 1. The van der Waals surface area contributed by atoms with Crippen molar-refractivity contribution in [2.75, 3.05) is 5.32 Å². The molecule has 4 nitrogen and oxygen atoms in total. The van der Waals surface area contributed by atoms with Gasteiger partial charge in [-0.3, -0.25) is 10.1 Å². The van der Waals surface area contributed by atoms with E-state index < -0.39 is 0 Å². The molecule has 0 heterocycles. The van der Waals surface area contributed by atoms with E-state index in [9.17, 15) is 4.79 Å². The summed E-state index contributed by atoms with van der Waals surface area (Å²) in [6.07, 6.45) is -0.0492. The van der Waals surface area contributed by atoms with Crippen LogP contribution in [0.4, 0.5) is 5.69 Å². The van der Waals surface area contributed by atoms with Crippen molar-refractivity contribution in [1.29, 1.82) is 0 Å². The zero-order valence-electron chi connectivity index (χ0n) is 14.0. The van der Waals surface area contributed by atoms with Gasteiger partial charge in [-0.05, 0) is 68.9 Å². The van der Waals surface area contributed by atoms with Gasteiger partial charge in [0, 0.05) is 15.2 Å². The smallest absolute Gasteiger partial charge is 0.261 e. The molecule has 0 aliphatic heterocycles. The van der Waals surface area contributed by atoms with Crippen molar-refractivity contribution >= 4 is 56.5 Å². The minimum atomic E-state index is -0.353. The van der Waals surface area contributed by atoms with Gasteiger partial charge < -0.3 is 10.1 Å². The number of benzene rings is 2. The van der Waals surface area contributed by atoms with Crippen LogP contribution in [-0.2, 0) is 0 Å². The van der Waals surface area contributed by atoms with E-state index in [4.69, 9.17) is 28.6 Å². The average molecular weight is 442 g/mol. The highest BCUT2D eigenvalue weighted by atomic mass is 79.9. The van der Waals surface area contributed by atoms with Gasteiger partial charge in [0.15, 0.2) is 5.11 Å². The summed E-state index contributed by atoms with van der Waals surface area (Å²) in [5.74, 6) is 0.145. The monoisotopic (exact) mass is 440 g/mol. The van der Waals surface area contributed by atoms with Crippen molar-refractivity contribution in [2.24, 2.45) is 0 Å².